The van der Waals surface area contributed by atoms with E-state index in [4.69, 9.17) is 27.9 Å². The number of nitrogens with zero attached hydrogens (tertiary/aromatic N) is 1. The quantitative estimate of drug-likeness (QED) is 0.207. The van der Waals surface area contributed by atoms with E-state index in [9.17, 15) is 19.2 Å². The monoisotopic (exact) mass is 539 g/mol. The first-order chi connectivity index (χ1) is 17.2. The molecule has 0 N–H and O–H groups in total. The van der Waals surface area contributed by atoms with E-state index in [0.29, 0.717) is 27.1 Å². The lowest BCUT2D eigenvalue weighted by atomic mass is 9.54. The van der Waals surface area contributed by atoms with Crippen molar-refractivity contribution in [3.63, 3.8) is 0 Å². The number of ether oxygens (including phenoxy) is 1. The van der Waals surface area contributed by atoms with E-state index in [0.717, 1.165) is 4.90 Å². The fraction of sp³-hybridized carbons (Fsp3) is 0.259. The molecule has 0 unspecified atom stereocenters. The fourth-order valence-corrected chi connectivity index (χ4v) is 7.69. The number of hydrogen-bond acceptors (Lipinski definition) is 6. The van der Waals surface area contributed by atoms with E-state index in [1.807, 2.05) is 48.5 Å². The molecule has 2 heterocycles. The SMILES string of the molecule is C[C@H](C(=O)OCC(=O)c1cccs1)N1C(=O)[C@H]2[C@H](C1=O)C1(Cl)c3ccccc3C2(Cl)c2ccccc21. The van der Waals surface area contributed by atoms with Gasteiger partial charge in [0.2, 0.25) is 17.6 Å². The number of carbonyl (C=O) groups excluding carboxylic acids is 4. The molecule has 7 rings (SSSR count). The molecule has 3 atom stereocenters. The van der Waals surface area contributed by atoms with E-state index in [1.54, 1.807) is 17.5 Å². The maximum atomic E-state index is 13.9. The number of halogens is 2. The van der Waals surface area contributed by atoms with Crippen LogP contribution in [0.25, 0.3) is 0 Å². The average molecular weight is 540 g/mol. The Balaban J connectivity index is 1.37. The highest BCUT2D eigenvalue weighted by atomic mass is 35.5. The number of hydrogen-bond donors (Lipinski definition) is 0. The molecular formula is C27H19Cl2NO5S. The number of carbonyl (C=O) groups is 4. The van der Waals surface area contributed by atoms with Crippen LogP contribution in [0.2, 0.25) is 0 Å². The van der Waals surface area contributed by atoms with Gasteiger partial charge in [0.05, 0.1) is 16.7 Å². The van der Waals surface area contributed by atoms with Crippen LogP contribution in [0.5, 0.6) is 0 Å². The van der Waals surface area contributed by atoms with Gasteiger partial charge in [0.25, 0.3) is 0 Å². The topological polar surface area (TPSA) is 80.8 Å². The summed E-state index contributed by atoms with van der Waals surface area (Å²) in [6, 6.07) is 16.7. The third-order valence-electron chi connectivity index (χ3n) is 7.49. The fourth-order valence-electron chi connectivity index (χ4n) is 5.94. The van der Waals surface area contributed by atoms with Gasteiger partial charge in [-0.3, -0.25) is 19.3 Å². The molecule has 2 bridgehead atoms. The van der Waals surface area contributed by atoms with Crippen LogP contribution in [0.1, 0.15) is 38.8 Å². The van der Waals surface area contributed by atoms with E-state index in [1.165, 1.54) is 18.3 Å². The number of thiophene rings is 1. The Labute approximate surface area is 220 Å². The summed E-state index contributed by atoms with van der Waals surface area (Å²) in [4.78, 5) is 51.6. The molecule has 1 aromatic heterocycles. The molecule has 1 fully saturated rings. The molecule has 2 amide bonds. The summed E-state index contributed by atoms with van der Waals surface area (Å²) in [6.07, 6.45) is 0. The highest BCUT2D eigenvalue weighted by Crippen LogP contribution is 2.69. The van der Waals surface area contributed by atoms with Gasteiger partial charge < -0.3 is 4.74 Å². The largest absolute Gasteiger partial charge is 0.456 e. The first-order valence-corrected chi connectivity index (χ1v) is 13.0. The molecule has 1 aliphatic heterocycles. The lowest BCUT2D eigenvalue weighted by Gasteiger charge is -2.54. The van der Waals surface area contributed by atoms with Crippen LogP contribution in [0.4, 0.5) is 0 Å². The average Bonchev–Trinajstić information content (AvgIpc) is 3.52. The van der Waals surface area contributed by atoms with Crippen molar-refractivity contribution in [3.8, 4) is 0 Å². The van der Waals surface area contributed by atoms with Crippen molar-refractivity contribution in [1.29, 1.82) is 0 Å². The van der Waals surface area contributed by atoms with Gasteiger partial charge in [0, 0.05) is 0 Å². The third-order valence-corrected chi connectivity index (χ3v) is 9.68. The Morgan fingerprint density at radius 1 is 0.889 bits per heavy atom. The second kappa shape index (κ2) is 8.00. The highest BCUT2D eigenvalue weighted by Gasteiger charge is 2.73. The van der Waals surface area contributed by atoms with Crippen LogP contribution >= 0.6 is 34.5 Å². The van der Waals surface area contributed by atoms with Gasteiger partial charge in [-0.2, -0.15) is 0 Å². The van der Waals surface area contributed by atoms with E-state index in [-0.39, 0.29) is 5.78 Å². The molecule has 9 heteroatoms. The smallest absolute Gasteiger partial charge is 0.329 e. The Kier molecular flexibility index (Phi) is 5.20. The summed E-state index contributed by atoms with van der Waals surface area (Å²) in [7, 11) is 0. The standard InChI is InChI=1S/C27H19Cl2NO5S/c1-14(25(34)35-13-19(31)20-11-6-12-36-20)30-23(32)21-22(24(30)33)27(29)16-8-3-2-7-15(16)26(21,28)17-9-4-5-10-18(17)27/h2-12,14,21-22H,13H2,1H3/t14-,21-,22-,26?,27?/m1/s1. The summed E-state index contributed by atoms with van der Waals surface area (Å²) >= 11 is 16.0. The molecule has 0 radical (unpaired) electrons. The normalized spacial score (nSPS) is 28.4. The zero-order valence-electron chi connectivity index (χ0n) is 18.9. The number of esters is 1. The summed E-state index contributed by atoms with van der Waals surface area (Å²) in [5.41, 5.74) is 2.73. The lowest BCUT2D eigenvalue weighted by molar-refractivity contribution is -0.157. The maximum absolute atomic E-state index is 13.9. The minimum Gasteiger partial charge on any atom is -0.456 e. The molecule has 4 aliphatic rings. The number of ketones is 1. The van der Waals surface area contributed by atoms with Gasteiger partial charge >= 0.3 is 5.97 Å². The number of Topliss-reactive ketones (excluding diaryl/α,β-unsaturated/α-hetero) is 1. The van der Waals surface area contributed by atoms with Crippen LogP contribution in [-0.2, 0) is 28.9 Å². The molecular weight excluding hydrogens is 521 g/mol. The van der Waals surface area contributed by atoms with Gasteiger partial charge in [-0.15, -0.1) is 34.5 Å². The summed E-state index contributed by atoms with van der Waals surface area (Å²) in [6.45, 7) is 0.928. The molecule has 0 saturated carbocycles. The van der Waals surface area contributed by atoms with Crippen LogP contribution in [-0.4, -0.2) is 41.1 Å². The zero-order valence-corrected chi connectivity index (χ0v) is 21.3. The summed E-state index contributed by atoms with van der Waals surface area (Å²) in [5.74, 6) is -4.38. The van der Waals surface area contributed by atoms with Crippen LogP contribution < -0.4 is 0 Å². The van der Waals surface area contributed by atoms with Crippen molar-refractivity contribution in [2.45, 2.75) is 22.7 Å². The summed E-state index contributed by atoms with van der Waals surface area (Å²) < 4.78 is 5.20. The first-order valence-electron chi connectivity index (χ1n) is 11.4. The second-order valence-electron chi connectivity index (χ2n) is 9.20. The predicted octanol–water partition coefficient (Wildman–Crippen LogP) is 4.46. The molecule has 3 aliphatic carbocycles. The number of amides is 2. The first kappa shape index (κ1) is 23.4. The van der Waals surface area contributed by atoms with Crippen molar-refractivity contribution in [2.24, 2.45) is 11.8 Å². The number of benzene rings is 2. The van der Waals surface area contributed by atoms with Gasteiger partial charge in [-0.05, 0) is 40.6 Å². The van der Waals surface area contributed by atoms with E-state index >= 15 is 0 Å². The molecule has 36 heavy (non-hydrogen) atoms. The number of alkyl halides is 2. The Hall–Kier alpha value is -3.00. The van der Waals surface area contributed by atoms with E-state index < -0.39 is 52.0 Å². The second-order valence-corrected chi connectivity index (χ2v) is 11.3. The van der Waals surface area contributed by atoms with Crippen molar-refractivity contribution in [3.05, 3.63) is 93.2 Å². The number of rotatable bonds is 5. The van der Waals surface area contributed by atoms with Gasteiger partial charge in [-0.25, -0.2) is 4.79 Å². The number of likely N-dealkylation sites (tertiary alicyclic amines) is 1. The van der Waals surface area contributed by atoms with Crippen LogP contribution in [0.15, 0.2) is 66.0 Å². The van der Waals surface area contributed by atoms with Crippen LogP contribution in [0.3, 0.4) is 0 Å². The van der Waals surface area contributed by atoms with Crippen molar-refractivity contribution >= 4 is 58.1 Å². The molecule has 1 saturated heterocycles. The Morgan fingerprint density at radius 3 is 1.78 bits per heavy atom. The van der Waals surface area contributed by atoms with Gasteiger partial charge in [0.15, 0.2) is 6.61 Å². The Bertz CT molecular complexity index is 1330. The zero-order chi connectivity index (χ0) is 25.4. The lowest BCUT2D eigenvalue weighted by Crippen LogP contribution is -2.57. The molecule has 182 valence electrons. The minimum absolute atomic E-state index is 0.360. The van der Waals surface area contributed by atoms with Crippen molar-refractivity contribution in [2.75, 3.05) is 6.61 Å². The van der Waals surface area contributed by atoms with Gasteiger partial charge in [-0.1, -0.05) is 54.6 Å². The molecule has 3 aromatic rings. The predicted molar refractivity (Wildman–Crippen MR) is 134 cm³/mol. The highest BCUT2D eigenvalue weighted by molar-refractivity contribution is 7.12. The number of imide groups is 1. The van der Waals surface area contributed by atoms with Crippen molar-refractivity contribution < 1.29 is 23.9 Å². The molecule has 2 aromatic carbocycles. The summed E-state index contributed by atoms with van der Waals surface area (Å²) in [5, 5.41) is 1.75. The Morgan fingerprint density at radius 2 is 1.36 bits per heavy atom. The van der Waals surface area contributed by atoms with Crippen LogP contribution in [0, 0.1) is 11.8 Å². The van der Waals surface area contributed by atoms with Gasteiger partial charge in [0.1, 0.15) is 15.8 Å². The van der Waals surface area contributed by atoms with E-state index in [2.05, 4.69) is 0 Å². The molecule has 6 nitrogen and oxygen atoms in total. The maximum Gasteiger partial charge on any atom is 0.329 e. The molecule has 0 spiro atoms. The van der Waals surface area contributed by atoms with Crippen molar-refractivity contribution in [1.82, 2.24) is 4.90 Å². The third kappa shape index (κ3) is 2.85. The minimum atomic E-state index is -1.32.